The van der Waals surface area contributed by atoms with E-state index in [0.717, 1.165) is 18.6 Å². The van der Waals surface area contributed by atoms with Gasteiger partial charge in [0.05, 0.1) is 6.61 Å². The molecule has 0 fully saturated rings. The number of unbranched alkanes of at least 4 members (excludes halogenated alkanes) is 8. The van der Waals surface area contributed by atoms with E-state index < -0.39 is 11.0 Å². The van der Waals surface area contributed by atoms with Gasteiger partial charge in [0, 0.05) is 0 Å². The average Bonchev–Trinajstić information content (AvgIpc) is 2.25. The van der Waals surface area contributed by atoms with E-state index in [0.29, 0.717) is 6.61 Å². The molecule has 0 atom stereocenters. The largest absolute Gasteiger partial charge is 0.272 e. The summed E-state index contributed by atoms with van der Waals surface area (Å²) in [6, 6.07) is 0. The van der Waals surface area contributed by atoms with Crippen molar-refractivity contribution in [2.24, 2.45) is 0 Å². The normalized spacial score (nSPS) is 11.1. The zero-order valence-electron chi connectivity index (χ0n) is 9.90. The van der Waals surface area contributed by atoms with Gasteiger partial charge in [-0.15, -0.1) is 0 Å². The summed E-state index contributed by atoms with van der Waals surface area (Å²) in [6.45, 7) is 0.348. The summed E-state index contributed by atoms with van der Waals surface area (Å²) in [5.41, 5.74) is 0. The highest BCUT2D eigenvalue weighted by Crippen LogP contribution is 2.09. The van der Waals surface area contributed by atoms with E-state index in [-0.39, 0.29) is 0 Å². The summed E-state index contributed by atoms with van der Waals surface area (Å²) in [5.74, 6) is 1.00. The van der Waals surface area contributed by atoms with Crippen molar-refractivity contribution >= 4 is 23.6 Å². The van der Waals surface area contributed by atoms with Crippen LogP contribution >= 0.6 is 12.6 Å². The molecular formula is C11H24O3S2. The van der Waals surface area contributed by atoms with Gasteiger partial charge in [-0.1, -0.05) is 44.9 Å². The number of thiol groups is 2. The Morgan fingerprint density at radius 1 is 0.750 bits per heavy atom. The molecule has 0 saturated heterocycles. The minimum absolute atomic E-state index is 0.348. The zero-order valence-corrected chi connectivity index (χ0v) is 11.7. The highest BCUT2D eigenvalue weighted by molar-refractivity contribution is 7.80. The predicted octanol–water partition coefficient (Wildman–Crippen LogP) is 2.97. The van der Waals surface area contributed by atoms with Crippen LogP contribution in [0, 0.1) is 0 Å². The third kappa shape index (κ3) is 14.3. The smallest absolute Gasteiger partial charge is 0.257 e. The van der Waals surface area contributed by atoms with Gasteiger partial charge in [-0.25, -0.2) is 8.42 Å². The van der Waals surface area contributed by atoms with Crippen LogP contribution in [0.15, 0.2) is 0 Å². The minimum Gasteiger partial charge on any atom is -0.272 e. The molecular weight excluding hydrogens is 244 g/mol. The molecule has 16 heavy (non-hydrogen) atoms. The van der Waals surface area contributed by atoms with Crippen molar-refractivity contribution < 1.29 is 12.6 Å². The van der Waals surface area contributed by atoms with Gasteiger partial charge >= 0.3 is 0 Å². The van der Waals surface area contributed by atoms with Crippen molar-refractivity contribution in [1.29, 1.82) is 0 Å². The van der Waals surface area contributed by atoms with Crippen molar-refractivity contribution in [2.45, 2.75) is 57.8 Å². The van der Waals surface area contributed by atoms with Gasteiger partial charge in [-0.3, -0.25) is 4.18 Å². The molecule has 98 valence electrons. The molecule has 0 spiro atoms. The van der Waals surface area contributed by atoms with Crippen molar-refractivity contribution in [1.82, 2.24) is 0 Å². The summed E-state index contributed by atoms with van der Waals surface area (Å²) in [7, 11) is -2.64. The third-order valence-electron chi connectivity index (χ3n) is 2.50. The first kappa shape index (κ1) is 16.3. The highest BCUT2D eigenvalue weighted by atomic mass is 32.2. The molecule has 0 radical (unpaired) electrons. The summed E-state index contributed by atoms with van der Waals surface area (Å²) in [4.78, 5) is 0. The monoisotopic (exact) mass is 268 g/mol. The Balaban J connectivity index is 2.93. The van der Waals surface area contributed by atoms with Crippen molar-refractivity contribution in [3.05, 3.63) is 0 Å². The standard InChI is InChI=1S/C11H24O3S2/c12-16(13)14-10-8-6-4-2-1-3-5-7-9-11-15/h15-16H,1-11H2. The van der Waals surface area contributed by atoms with E-state index in [2.05, 4.69) is 16.8 Å². The van der Waals surface area contributed by atoms with Gasteiger partial charge in [-0.2, -0.15) is 12.6 Å². The maximum atomic E-state index is 10.1. The molecule has 0 unspecified atom stereocenters. The lowest BCUT2D eigenvalue weighted by atomic mass is 10.1. The second-order valence-corrected chi connectivity index (χ2v) is 5.12. The summed E-state index contributed by atoms with van der Waals surface area (Å²) >= 11 is 4.17. The number of rotatable bonds is 12. The Hall–Kier alpha value is 0.260. The molecule has 0 amide bonds. The van der Waals surface area contributed by atoms with Crippen LogP contribution in [-0.2, 0) is 15.2 Å². The lowest BCUT2D eigenvalue weighted by Crippen LogP contribution is -1.92. The van der Waals surface area contributed by atoms with Gasteiger partial charge in [0.2, 0.25) is 0 Å². The van der Waals surface area contributed by atoms with Crippen LogP contribution in [0.2, 0.25) is 0 Å². The number of hydrogen-bond donors (Lipinski definition) is 2. The Morgan fingerprint density at radius 3 is 1.62 bits per heavy atom. The minimum atomic E-state index is -2.64. The fourth-order valence-electron chi connectivity index (χ4n) is 1.59. The third-order valence-corrected chi connectivity index (χ3v) is 3.21. The summed E-state index contributed by atoms with van der Waals surface area (Å²) < 4.78 is 24.6. The van der Waals surface area contributed by atoms with Crippen LogP contribution in [-0.4, -0.2) is 20.8 Å². The van der Waals surface area contributed by atoms with Crippen LogP contribution in [0.3, 0.4) is 0 Å². The van der Waals surface area contributed by atoms with Gasteiger partial charge in [-0.05, 0) is 18.6 Å². The Bertz CT molecular complexity index is 197. The molecule has 5 heteroatoms. The molecule has 0 bridgehead atoms. The summed E-state index contributed by atoms with van der Waals surface area (Å²) in [5, 5.41) is 0. The fraction of sp³-hybridized carbons (Fsp3) is 1.00. The second-order valence-electron chi connectivity index (χ2n) is 3.96. The lowest BCUT2D eigenvalue weighted by Gasteiger charge is -2.01. The predicted molar refractivity (Wildman–Crippen MR) is 71.7 cm³/mol. The first-order chi connectivity index (χ1) is 7.77. The van der Waals surface area contributed by atoms with E-state index in [4.69, 9.17) is 0 Å². The fourth-order valence-corrected chi connectivity index (χ4v) is 2.09. The molecule has 0 heterocycles. The number of hydrogen-bond acceptors (Lipinski definition) is 4. The molecule has 0 N–H and O–H groups in total. The molecule has 0 aromatic rings. The van der Waals surface area contributed by atoms with Crippen LogP contribution in [0.4, 0.5) is 0 Å². The van der Waals surface area contributed by atoms with E-state index >= 15 is 0 Å². The zero-order chi connectivity index (χ0) is 12.1. The molecule has 0 aliphatic rings. The quantitative estimate of drug-likeness (QED) is 0.422. The maximum Gasteiger partial charge on any atom is 0.257 e. The lowest BCUT2D eigenvalue weighted by molar-refractivity contribution is 0.319. The van der Waals surface area contributed by atoms with E-state index in [1.54, 1.807) is 0 Å². The first-order valence-electron chi connectivity index (χ1n) is 6.15. The van der Waals surface area contributed by atoms with E-state index in [1.807, 2.05) is 0 Å². The van der Waals surface area contributed by atoms with Crippen LogP contribution in [0.5, 0.6) is 0 Å². The molecule has 3 nitrogen and oxygen atoms in total. The first-order valence-corrected chi connectivity index (χ1v) is 7.88. The van der Waals surface area contributed by atoms with Crippen LogP contribution in [0.25, 0.3) is 0 Å². The van der Waals surface area contributed by atoms with E-state index in [1.165, 1.54) is 44.9 Å². The summed E-state index contributed by atoms with van der Waals surface area (Å²) in [6.07, 6.45) is 10.8. The second kappa shape index (κ2) is 13.3. The Kier molecular flexibility index (Phi) is 13.5. The molecule has 0 saturated carbocycles. The SMILES string of the molecule is O=[SH](=O)OCCCCCCCCCCCS. The molecule has 0 aliphatic heterocycles. The highest BCUT2D eigenvalue weighted by Gasteiger charge is 1.93. The van der Waals surface area contributed by atoms with Crippen LogP contribution < -0.4 is 0 Å². The molecule has 0 rings (SSSR count). The topological polar surface area (TPSA) is 43.4 Å². The maximum absolute atomic E-state index is 10.1. The molecule has 0 aliphatic carbocycles. The Morgan fingerprint density at radius 2 is 1.19 bits per heavy atom. The molecule has 0 aromatic heterocycles. The van der Waals surface area contributed by atoms with Gasteiger partial charge < -0.3 is 0 Å². The van der Waals surface area contributed by atoms with Gasteiger partial charge in [0.15, 0.2) is 0 Å². The Labute approximate surface area is 107 Å². The average molecular weight is 268 g/mol. The van der Waals surface area contributed by atoms with Crippen molar-refractivity contribution in [2.75, 3.05) is 12.4 Å². The van der Waals surface area contributed by atoms with E-state index in [9.17, 15) is 8.42 Å². The van der Waals surface area contributed by atoms with Gasteiger partial charge in [0.25, 0.3) is 11.0 Å². The van der Waals surface area contributed by atoms with Gasteiger partial charge in [0.1, 0.15) is 0 Å². The molecule has 0 aromatic carbocycles. The van der Waals surface area contributed by atoms with Crippen molar-refractivity contribution in [3.8, 4) is 0 Å². The van der Waals surface area contributed by atoms with Crippen molar-refractivity contribution in [3.63, 3.8) is 0 Å². The van der Waals surface area contributed by atoms with Crippen LogP contribution in [0.1, 0.15) is 57.8 Å².